The number of Topliss-reactive ketones (excluding diaryl/α,β-unsaturated/α-hetero) is 1. The van der Waals surface area contributed by atoms with Gasteiger partial charge in [-0.15, -0.1) is 0 Å². The van der Waals surface area contributed by atoms with Crippen LogP contribution in [0.15, 0.2) is 42.5 Å². The minimum atomic E-state index is -0.704. The first-order chi connectivity index (χ1) is 17.3. The molecule has 0 radical (unpaired) electrons. The molecule has 0 aliphatic carbocycles. The van der Waals surface area contributed by atoms with Crippen LogP contribution in [0.2, 0.25) is 0 Å². The number of hydrogen-bond donors (Lipinski definition) is 2. The number of ether oxygens (including phenoxy) is 1. The maximum Gasteiger partial charge on any atom is 0.252 e. The van der Waals surface area contributed by atoms with E-state index in [1.165, 1.54) is 23.3 Å². The van der Waals surface area contributed by atoms with E-state index in [-0.39, 0.29) is 11.3 Å². The van der Waals surface area contributed by atoms with Gasteiger partial charge in [-0.2, -0.15) is 0 Å². The number of aromatic hydroxyl groups is 1. The molecule has 0 spiro atoms. The van der Waals surface area contributed by atoms with E-state index in [1.54, 1.807) is 6.07 Å². The lowest BCUT2D eigenvalue weighted by Gasteiger charge is -2.27. The highest BCUT2D eigenvalue weighted by molar-refractivity contribution is 5.95. The van der Waals surface area contributed by atoms with Crippen molar-refractivity contribution in [2.45, 2.75) is 53.0 Å². The van der Waals surface area contributed by atoms with E-state index in [9.17, 15) is 14.7 Å². The van der Waals surface area contributed by atoms with Gasteiger partial charge in [0.15, 0.2) is 0 Å². The number of likely N-dealkylation sites (tertiary alicyclic amines) is 1. The summed E-state index contributed by atoms with van der Waals surface area (Å²) in [6, 6.07) is 12.8. The number of nitrogens with two attached hydrogens (primary N) is 1. The minimum absolute atomic E-state index is 0.0385. The van der Waals surface area contributed by atoms with Crippen molar-refractivity contribution in [1.82, 2.24) is 9.88 Å². The molecule has 4 rings (SSSR count). The molecule has 36 heavy (non-hydrogen) atoms. The van der Waals surface area contributed by atoms with E-state index in [0.29, 0.717) is 49.8 Å². The van der Waals surface area contributed by atoms with Gasteiger partial charge in [0.1, 0.15) is 23.0 Å². The van der Waals surface area contributed by atoms with Gasteiger partial charge < -0.3 is 15.6 Å². The molecule has 0 unspecified atom stereocenters. The first kappa shape index (κ1) is 25.4. The molecule has 0 bridgehead atoms. The van der Waals surface area contributed by atoms with Crippen molar-refractivity contribution in [2.75, 3.05) is 13.1 Å². The van der Waals surface area contributed by atoms with Crippen LogP contribution in [0.1, 0.15) is 59.4 Å². The summed E-state index contributed by atoms with van der Waals surface area (Å²) in [5.41, 5.74) is 11.6. The van der Waals surface area contributed by atoms with Crippen LogP contribution >= 0.6 is 0 Å². The predicted octanol–water partition coefficient (Wildman–Crippen LogP) is 4.94. The molecule has 0 saturated carbocycles. The van der Waals surface area contributed by atoms with Crippen LogP contribution in [0.4, 0.5) is 0 Å². The zero-order valence-electron chi connectivity index (χ0n) is 21.1. The molecule has 1 amide bonds. The van der Waals surface area contributed by atoms with Crippen LogP contribution < -0.4 is 10.5 Å². The van der Waals surface area contributed by atoms with Gasteiger partial charge in [0.25, 0.3) is 5.91 Å². The Balaban J connectivity index is 1.80. The van der Waals surface area contributed by atoms with Crippen molar-refractivity contribution in [3.63, 3.8) is 0 Å². The summed E-state index contributed by atoms with van der Waals surface area (Å²) >= 11 is 0. The summed E-state index contributed by atoms with van der Waals surface area (Å²) in [4.78, 5) is 30.5. The number of benzene rings is 2. The summed E-state index contributed by atoms with van der Waals surface area (Å²) in [5.74, 6) is 0.384. The molecule has 3 N–H and O–H groups in total. The number of aromatic nitrogens is 1. The standard InChI is InChI=1S/C29H33N3O4/c1-4-19-7-6-8-20(5-2)28(19)25-16-27(36-22-9-10-23(29(30)35)26(34)15-22)24(18(3)31-25)17-32-13-11-21(33)12-14-32/h6-10,15-16,34H,4-5,11-14,17H2,1-3H3,(H2,30,35). The normalized spacial score (nSPS) is 14.1. The SMILES string of the molecule is CCc1cccc(CC)c1-c1cc(Oc2ccc(C(N)=O)c(O)c2)c(CN2CCC(=O)CC2)c(C)n1. The Bertz CT molecular complexity index is 1270. The van der Waals surface area contributed by atoms with E-state index >= 15 is 0 Å². The summed E-state index contributed by atoms with van der Waals surface area (Å²) in [5, 5.41) is 10.3. The molecule has 188 valence electrons. The van der Waals surface area contributed by atoms with Gasteiger partial charge in [0.2, 0.25) is 0 Å². The first-order valence-electron chi connectivity index (χ1n) is 12.5. The van der Waals surface area contributed by atoms with Gasteiger partial charge in [-0.05, 0) is 43.0 Å². The van der Waals surface area contributed by atoms with Crippen molar-refractivity contribution in [3.05, 3.63) is 70.4 Å². The molecule has 2 aromatic carbocycles. The summed E-state index contributed by atoms with van der Waals surface area (Å²) in [6.07, 6.45) is 2.86. The molecule has 1 aliphatic heterocycles. The zero-order valence-corrected chi connectivity index (χ0v) is 21.1. The summed E-state index contributed by atoms with van der Waals surface area (Å²) in [6.45, 7) is 8.26. The van der Waals surface area contributed by atoms with Gasteiger partial charge in [0, 0.05) is 61.4 Å². The molecule has 7 heteroatoms. The van der Waals surface area contributed by atoms with E-state index < -0.39 is 5.91 Å². The Morgan fingerprint density at radius 3 is 2.33 bits per heavy atom. The number of phenols is 1. The number of hydrogen-bond acceptors (Lipinski definition) is 6. The van der Waals surface area contributed by atoms with Gasteiger partial charge in [-0.25, -0.2) is 0 Å². The topological polar surface area (TPSA) is 106 Å². The second kappa shape index (κ2) is 10.9. The van der Waals surface area contributed by atoms with Gasteiger partial charge in [-0.1, -0.05) is 32.0 Å². The van der Waals surface area contributed by atoms with Crippen molar-refractivity contribution >= 4 is 11.7 Å². The molecule has 7 nitrogen and oxygen atoms in total. The molecule has 1 aromatic heterocycles. The lowest BCUT2D eigenvalue weighted by Crippen LogP contribution is -2.33. The quantitative estimate of drug-likeness (QED) is 0.466. The van der Waals surface area contributed by atoms with Gasteiger partial charge in [0.05, 0.1) is 11.3 Å². The van der Waals surface area contributed by atoms with E-state index in [0.717, 1.165) is 35.4 Å². The molecule has 1 aliphatic rings. The number of carbonyl (C=O) groups excluding carboxylic acids is 2. The van der Waals surface area contributed by atoms with E-state index in [4.69, 9.17) is 15.5 Å². The van der Waals surface area contributed by atoms with Crippen LogP contribution in [0.25, 0.3) is 11.3 Å². The fourth-order valence-electron chi connectivity index (χ4n) is 4.75. The van der Waals surface area contributed by atoms with Gasteiger partial charge in [-0.3, -0.25) is 19.5 Å². The third-order valence-electron chi connectivity index (χ3n) is 6.80. The smallest absolute Gasteiger partial charge is 0.252 e. The Morgan fingerprint density at radius 2 is 1.75 bits per heavy atom. The van der Waals surface area contributed by atoms with Crippen LogP contribution in [0.3, 0.4) is 0 Å². The maximum atomic E-state index is 11.7. The Labute approximate surface area is 211 Å². The van der Waals surface area contributed by atoms with Crippen molar-refractivity contribution in [2.24, 2.45) is 5.73 Å². The molecule has 2 heterocycles. The number of nitrogens with zero attached hydrogens (tertiary/aromatic N) is 2. The number of piperidine rings is 1. The number of aryl methyl sites for hydroxylation is 3. The Hall–Kier alpha value is -3.71. The van der Waals surface area contributed by atoms with Crippen molar-refractivity contribution in [1.29, 1.82) is 0 Å². The predicted molar refractivity (Wildman–Crippen MR) is 139 cm³/mol. The number of pyridine rings is 1. The zero-order chi connectivity index (χ0) is 25.8. The Morgan fingerprint density at radius 1 is 1.08 bits per heavy atom. The number of rotatable bonds is 8. The second-order valence-corrected chi connectivity index (χ2v) is 9.19. The highest BCUT2D eigenvalue weighted by Crippen LogP contribution is 2.36. The van der Waals surface area contributed by atoms with Crippen LogP contribution in [-0.4, -0.2) is 39.8 Å². The number of carbonyl (C=O) groups is 2. The maximum absolute atomic E-state index is 11.7. The van der Waals surface area contributed by atoms with Crippen molar-refractivity contribution < 1.29 is 19.4 Å². The Kier molecular flexibility index (Phi) is 7.70. The number of primary amides is 1. The molecule has 0 atom stereocenters. The average molecular weight is 488 g/mol. The summed E-state index contributed by atoms with van der Waals surface area (Å²) < 4.78 is 6.33. The van der Waals surface area contributed by atoms with E-state index in [1.807, 2.05) is 13.0 Å². The lowest BCUT2D eigenvalue weighted by atomic mass is 9.94. The molecule has 1 saturated heterocycles. The van der Waals surface area contributed by atoms with Gasteiger partial charge >= 0.3 is 0 Å². The lowest BCUT2D eigenvalue weighted by molar-refractivity contribution is -0.121. The molecular weight excluding hydrogens is 454 g/mol. The first-order valence-corrected chi connectivity index (χ1v) is 12.5. The minimum Gasteiger partial charge on any atom is -0.507 e. The number of ketones is 1. The van der Waals surface area contributed by atoms with Crippen molar-refractivity contribution in [3.8, 4) is 28.5 Å². The highest BCUT2D eigenvalue weighted by atomic mass is 16.5. The van der Waals surface area contributed by atoms with Crippen LogP contribution in [-0.2, 0) is 24.2 Å². The third kappa shape index (κ3) is 5.41. The molecule has 1 fully saturated rings. The fraction of sp³-hybridized carbons (Fsp3) is 0.345. The second-order valence-electron chi connectivity index (χ2n) is 9.19. The molecule has 3 aromatic rings. The average Bonchev–Trinajstić information content (AvgIpc) is 2.86. The molecular formula is C29H33N3O4. The monoisotopic (exact) mass is 487 g/mol. The van der Waals surface area contributed by atoms with Crippen LogP contribution in [0, 0.1) is 6.92 Å². The number of amides is 1. The summed E-state index contributed by atoms with van der Waals surface area (Å²) in [7, 11) is 0. The largest absolute Gasteiger partial charge is 0.507 e. The van der Waals surface area contributed by atoms with Crippen LogP contribution in [0.5, 0.6) is 17.2 Å². The highest BCUT2D eigenvalue weighted by Gasteiger charge is 2.22. The third-order valence-corrected chi connectivity index (χ3v) is 6.80. The fourth-order valence-corrected chi connectivity index (χ4v) is 4.75. The van der Waals surface area contributed by atoms with E-state index in [2.05, 4.69) is 36.9 Å².